The molecule has 1 amide bonds. The number of ether oxygens (including phenoxy) is 1. The molecule has 1 aliphatic rings. The predicted octanol–water partition coefficient (Wildman–Crippen LogP) is 0.866. The summed E-state index contributed by atoms with van der Waals surface area (Å²) in [5.74, 6) is -2.20. The minimum atomic E-state index is -0.982. The van der Waals surface area contributed by atoms with Gasteiger partial charge in [-0.25, -0.2) is 18.7 Å². The number of aromatic amines is 1. The number of halogens is 2. The highest BCUT2D eigenvalue weighted by atomic mass is 19.1. The van der Waals surface area contributed by atoms with Gasteiger partial charge in [-0.2, -0.15) is 5.10 Å². The molecule has 1 aliphatic carbocycles. The van der Waals surface area contributed by atoms with Crippen molar-refractivity contribution >= 4 is 22.8 Å². The van der Waals surface area contributed by atoms with E-state index in [0.717, 1.165) is 6.07 Å². The summed E-state index contributed by atoms with van der Waals surface area (Å²) in [4.78, 5) is 20.9. The van der Waals surface area contributed by atoms with Crippen molar-refractivity contribution in [3.05, 3.63) is 41.4 Å². The van der Waals surface area contributed by atoms with Crippen LogP contribution in [-0.2, 0) is 6.54 Å². The molecule has 164 valence electrons. The molecule has 5 N–H and O–H groups in total. The van der Waals surface area contributed by atoms with Gasteiger partial charge in [-0.3, -0.25) is 9.89 Å². The standard InChI is InChI=1S/C19H20F2N6O4/c1-31-16-8(4-9(20)5-10(16)21)6-22-19(30)14-13-17(23-7-24-18(13)27-26-14)25-11-2-3-12(28)15(11)29/h4-5,7,11-12,15,28-29H,2-3,6H2,1H3,(H,22,30)(H2,23,24,25,26,27)/t11-,12-,15+/m1/s1. The highest BCUT2D eigenvalue weighted by Crippen LogP contribution is 2.28. The number of hydrogen-bond donors (Lipinski definition) is 5. The van der Waals surface area contributed by atoms with Crippen molar-refractivity contribution in [2.24, 2.45) is 0 Å². The van der Waals surface area contributed by atoms with Crippen molar-refractivity contribution in [3.63, 3.8) is 0 Å². The lowest BCUT2D eigenvalue weighted by Crippen LogP contribution is -2.34. The van der Waals surface area contributed by atoms with Crippen LogP contribution in [0.5, 0.6) is 5.75 Å². The molecule has 1 aromatic carbocycles. The number of carbonyl (C=O) groups is 1. The molecule has 0 bridgehead atoms. The quantitative estimate of drug-likeness (QED) is 0.384. The minimum absolute atomic E-state index is 0.0296. The van der Waals surface area contributed by atoms with E-state index in [-0.39, 0.29) is 40.4 Å². The van der Waals surface area contributed by atoms with Crippen LogP contribution in [0.25, 0.3) is 11.0 Å². The maximum absolute atomic E-state index is 13.9. The molecule has 0 unspecified atom stereocenters. The number of methoxy groups -OCH3 is 1. The molecule has 2 heterocycles. The first-order chi connectivity index (χ1) is 14.9. The summed E-state index contributed by atoms with van der Waals surface area (Å²) >= 11 is 0. The Morgan fingerprint density at radius 3 is 2.81 bits per heavy atom. The van der Waals surface area contributed by atoms with Crippen molar-refractivity contribution < 1.29 is 28.5 Å². The normalized spacial score (nSPS) is 20.7. The molecule has 0 radical (unpaired) electrons. The Bertz CT molecular complexity index is 1120. The summed E-state index contributed by atoms with van der Waals surface area (Å²) in [6.45, 7) is -0.207. The van der Waals surface area contributed by atoms with E-state index in [0.29, 0.717) is 18.9 Å². The number of nitrogens with zero attached hydrogens (tertiary/aromatic N) is 3. The largest absolute Gasteiger partial charge is 0.493 e. The lowest BCUT2D eigenvalue weighted by molar-refractivity contribution is 0.0392. The number of amides is 1. The second-order valence-corrected chi connectivity index (χ2v) is 7.17. The van der Waals surface area contributed by atoms with Crippen LogP contribution < -0.4 is 15.4 Å². The van der Waals surface area contributed by atoms with Crippen LogP contribution >= 0.6 is 0 Å². The summed E-state index contributed by atoms with van der Waals surface area (Å²) in [5, 5.41) is 32.3. The molecule has 4 rings (SSSR count). The van der Waals surface area contributed by atoms with Crippen LogP contribution in [-0.4, -0.2) is 61.6 Å². The van der Waals surface area contributed by atoms with Gasteiger partial charge in [0.2, 0.25) is 0 Å². The van der Waals surface area contributed by atoms with Gasteiger partial charge in [0.15, 0.2) is 17.2 Å². The van der Waals surface area contributed by atoms with Gasteiger partial charge in [0, 0.05) is 18.2 Å². The van der Waals surface area contributed by atoms with E-state index in [4.69, 9.17) is 4.74 Å². The van der Waals surface area contributed by atoms with Gasteiger partial charge in [0.1, 0.15) is 23.7 Å². The van der Waals surface area contributed by atoms with Crippen LogP contribution in [0.4, 0.5) is 14.6 Å². The molecule has 3 atom stereocenters. The smallest absolute Gasteiger partial charge is 0.270 e. The van der Waals surface area contributed by atoms with Crippen LogP contribution in [0.2, 0.25) is 0 Å². The third kappa shape index (κ3) is 3.99. The molecular formula is C19H20F2N6O4. The molecule has 3 aromatic rings. The Morgan fingerprint density at radius 1 is 1.29 bits per heavy atom. The number of aliphatic hydroxyl groups is 2. The Kier molecular flexibility index (Phi) is 5.65. The molecule has 0 aliphatic heterocycles. The van der Waals surface area contributed by atoms with Gasteiger partial charge < -0.3 is 25.6 Å². The van der Waals surface area contributed by atoms with Gasteiger partial charge in [0.05, 0.1) is 30.7 Å². The molecule has 0 spiro atoms. The van der Waals surface area contributed by atoms with Crippen LogP contribution in [0, 0.1) is 11.6 Å². The number of fused-ring (bicyclic) bond motifs is 1. The average Bonchev–Trinajstić information content (AvgIpc) is 3.31. The fourth-order valence-electron chi connectivity index (χ4n) is 3.66. The summed E-state index contributed by atoms with van der Waals surface area (Å²) in [5.41, 5.74) is 0.363. The van der Waals surface area contributed by atoms with Crippen molar-refractivity contribution in [1.82, 2.24) is 25.5 Å². The number of rotatable bonds is 6. The van der Waals surface area contributed by atoms with Crippen molar-refractivity contribution in [1.29, 1.82) is 0 Å². The first kappa shape index (κ1) is 20.9. The Morgan fingerprint density at radius 2 is 2.10 bits per heavy atom. The number of aliphatic hydroxyl groups excluding tert-OH is 2. The fraction of sp³-hybridized carbons (Fsp3) is 0.368. The van der Waals surface area contributed by atoms with Crippen LogP contribution in [0.3, 0.4) is 0 Å². The third-order valence-electron chi connectivity index (χ3n) is 5.21. The summed E-state index contributed by atoms with van der Waals surface area (Å²) < 4.78 is 32.4. The highest BCUT2D eigenvalue weighted by molar-refractivity contribution is 6.07. The topological polar surface area (TPSA) is 145 Å². The molecule has 2 aromatic heterocycles. The number of aromatic nitrogens is 4. The number of carbonyl (C=O) groups excluding carboxylic acids is 1. The predicted molar refractivity (Wildman–Crippen MR) is 104 cm³/mol. The molecule has 12 heteroatoms. The summed E-state index contributed by atoms with van der Waals surface area (Å²) in [6.07, 6.45) is 0.370. The maximum Gasteiger partial charge on any atom is 0.270 e. The Hall–Kier alpha value is -3.38. The Labute approximate surface area is 174 Å². The number of H-pyrrole nitrogens is 1. The van der Waals surface area contributed by atoms with E-state index in [2.05, 4.69) is 30.8 Å². The van der Waals surface area contributed by atoms with Crippen molar-refractivity contribution in [2.45, 2.75) is 37.6 Å². The van der Waals surface area contributed by atoms with Crippen molar-refractivity contribution in [3.8, 4) is 5.75 Å². The number of anilines is 1. The molecule has 1 fully saturated rings. The Balaban J connectivity index is 1.58. The van der Waals surface area contributed by atoms with Gasteiger partial charge in [-0.05, 0) is 18.9 Å². The third-order valence-corrected chi connectivity index (χ3v) is 5.21. The van der Waals surface area contributed by atoms with Gasteiger partial charge >= 0.3 is 0 Å². The zero-order valence-corrected chi connectivity index (χ0v) is 16.4. The first-order valence-corrected chi connectivity index (χ1v) is 9.51. The summed E-state index contributed by atoms with van der Waals surface area (Å²) in [6, 6.07) is 1.30. The first-order valence-electron chi connectivity index (χ1n) is 9.51. The monoisotopic (exact) mass is 434 g/mol. The van der Waals surface area contributed by atoms with E-state index < -0.39 is 35.8 Å². The SMILES string of the molecule is COc1c(F)cc(F)cc1CNC(=O)c1[nH]nc2ncnc(N[C@@H]3CC[C@@H](O)[C@H]3O)c12. The average molecular weight is 434 g/mol. The molecule has 0 saturated heterocycles. The molecular weight excluding hydrogens is 414 g/mol. The van der Waals surface area contributed by atoms with Gasteiger partial charge in [-0.1, -0.05) is 0 Å². The van der Waals surface area contributed by atoms with Gasteiger partial charge in [-0.15, -0.1) is 0 Å². The lowest BCUT2D eigenvalue weighted by Gasteiger charge is -2.19. The van der Waals surface area contributed by atoms with E-state index in [1.807, 2.05) is 0 Å². The fourth-order valence-corrected chi connectivity index (χ4v) is 3.66. The molecule has 10 nitrogen and oxygen atoms in total. The number of benzene rings is 1. The second kappa shape index (κ2) is 8.40. The van der Waals surface area contributed by atoms with Gasteiger partial charge in [0.25, 0.3) is 5.91 Å². The molecule has 31 heavy (non-hydrogen) atoms. The summed E-state index contributed by atoms with van der Waals surface area (Å²) in [7, 11) is 1.24. The van der Waals surface area contributed by atoms with Crippen LogP contribution in [0.15, 0.2) is 18.5 Å². The van der Waals surface area contributed by atoms with Crippen molar-refractivity contribution in [2.75, 3.05) is 12.4 Å². The zero-order chi connectivity index (χ0) is 22.1. The molecule has 1 saturated carbocycles. The van der Waals surface area contributed by atoms with E-state index >= 15 is 0 Å². The second-order valence-electron chi connectivity index (χ2n) is 7.17. The van der Waals surface area contributed by atoms with E-state index in [1.54, 1.807) is 0 Å². The highest BCUT2D eigenvalue weighted by Gasteiger charge is 2.34. The van der Waals surface area contributed by atoms with Crippen LogP contribution in [0.1, 0.15) is 28.9 Å². The minimum Gasteiger partial charge on any atom is -0.493 e. The zero-order valence-electron chi connectivity index (χ0n) is 16.4. The lowest BCUT2D eigenvalue weighted by atomic mass is 10.1. The number of hydrogen-bond acceptors (Lipinski definition) is 8. The van der Waals surface area contributed by atoms with E-state index in [9.17, 15) is 23.8 Å². The maximum atomic E-state index is 13.9. The van der Waals surface area contributed by atoms with E-state index in [1.165, 1.54) is 13.4 Å². The number of nitrogens with one attached hydrogen (secondary N) is 3.